The maximum Gasteiger partial charge on any atom is 0.321 e. The zero-order chi connectivity index (χ0) is 20.1. The summed E-state index contributed by atoms with van der Waals surface area (Å²) in [6.45, 7) is 2.50. The SMILES string of the molecule is C[C@H]1CCCN(C(=O)COC(=O)CNS(=O)(=O)c2ccc3ccccc3c2)C1. The molecule has 150 valence electrons. The van der Waals surface area contributed by atoms with E-state index >= 15 is 0 Å². The molecule has 0 saturated carbocycles. The van der Waals surface area contributed by atoms with Gasteiger partial charge in [0.05, 0.1) is 4.90 Å². The van der Waals surface area contributed by atoms with Crippen LogP contribution in [0.15, 0.2) is 47.4 Å². The Bertz CT molecular complexity index is 973. The third-order valence-corrected chi connectivity index (χ3v) is 6.20. The van der Waals surface area contributed by atoms with Crippen molar-refractivity contribution in [1.82, 2.24) is 9.62 Å². The second-order valence-corrected chi connectivity index (χ2v) is 8.85. The zero-order valence-electron chi connectivity index (χ0n) is 15.8. The quantitative estimate of drug-likeness (QED) is 0.743. The number of carbonyl (C=O) groups is 2. The van der Waals surface area contributed by atoms with Crippen LogP contribution in [0, 0.1) is 5.92 Å². The Kier molecular flexibility index (Phi) is 6.31. The summed E-state index contributed by atoms with van der Waals surface area (Å²) in [6.07, 6.45) is 2.02. The number of nitrogens with one attached hydrogen (secondary N) is 1. The molecule has 7 nitrogen and oxygen atoms in total. The van der Waals surface area contributed by atoms with Crippen molar-refractivity contribution in [2.75, 3.05) is 26.2 Å². The Labute approximate surface area is 164 Å². The fraction of sp³-hybridized carbons (Fsp3) is 0.400. The van der Waals surface area contributed by atoms with Crippen molar-refractivity contribution < 1.29 is 22.7 Å². The first-order chi connectivity index (χ1) is 13.3. The maximum atomic E-state index is 12.4. The molecule has 1 saturated heterocycles. The fourth-order valence-corrected chi connectivity index (χ4v) is 4.28. The van der Waals surface area contributed by atoms with Crippen LogP contribution in [0.4, 0.5) is 0 Å². The van der Waals surface area contributed by atoms with Gasteiger partial charge in [0.15, 0.2) is 6.61 Å². The molecule has 0 aromatic heterocycles. The summed E-state index contributed by atoms with van der Waals surface area (Å²) < 4.78 is 32.0. The minimum absolute atomic E-state index is 0.0670. The summed E-state index contributed by atoms with van der Waals surface area (Å²) in [5, 5.41) is 1.71. The van der Waals surface area contributed by atoms with Crippen molar-refractivity contribution in [3.63, 3.8) is 0 Å². The molecule has 1 aliphatic heterocycles. The largest absolute Gasteiger partial charge is 0.455 e. The molecule has 0 unspecified atom stereocenters. The minimum Gasteiger partial charge on any atom is -0.455 e. The number of esters is 1. The molecule has 8 heteroatoms. The lowest BCUT2D eigenvalue weighted by molar-refractivity contribution is -0.151. The Morgan fingerprint density at radius 2 is 1.93 bits per heavy atom. The van der Waals surface area contributed by atoms with Crippen molar-refractivity contribution in [3.05, 3.63) is 42.5 Å². The second-order valence-electron chi connectivity index (χ2n) is 7.08. The number of carbonyl (C=O) groups excluding carboxylic acids is 2. The number of fused-ring (bicyclic) bond motifs is 1. The van der Waals surface area contributed by atoms with E-state index in [1.807, 2.05) is 24.3 Å². The van der Waals surface area contributed by atoms with E-state index in [2.05, 4.69) is 11.6 Å². The third-order valence-electron chi connectivity index (χ3n) is 4.80. The van der Waals surface area contributed by atoms with Gasteiger partial charge in [-0.25, -0.2) is 8.42 Å². The van der Waals surface area contributed by atoms with Crippen LogP contribution in [-0.2, 0) is 24.3 Å². The first-order valence-corrected chi connectivity index (χ1v) is 10.8. The highest BCUT2D eigenvalue weighted by Crippen LogP contribution is 2.19. The molecule has 1 N–H and O–H groups in total. The minimum atomic E-state index is -3.86. The van der Waals surface area contributed by atoms with Gasteiger partial charge in [0, 0.05) is 13.1 Å². The van der Waals surface area contributed by atoms with Crippen LogP contribution in [0.25, 0.3) is 10.8 Å². The summed E-state index contributed by atoms with van der Waals surface area (Å²) in [5.41, 5.74) is 0. The molecule has 1 atom stereocenters. The van der Waals surface area contributed by atoms with Gasteiger partial charge in [0.1, 0.15) is 6.54 Å². The van der Waals surface area contributed by atoms with Gasteiger partial charge >= 0.3 is 5.97 Å². The molecule has 0 bridgehead atoms. The number of benzene rings is 2. The van der Waals surface area contributed by atoms with Gasteiger partial charge in [0.25, 0.3) is 5.91 Å². The summed E-state index contributed by atoms with van der Waals surface area (Å²) in [7, 11) is -3.86. The Morgan fingerprint density at radius 1 is 1.18 bits per heavy atom. The number of hydrogen-bond acceptors (Lipinski definition) is 5. The highest BCUT2D eigenvalue weighted by atomic mass is 32.2. The Morgan fingerprint density at radius 3 is 2.68 bits per heavy atom. The van der Waals surface area contributed by atoms with Crippen LogP contribution in [0.5, 0.6) is 0 Å². The lowest BCUT2D eigenvalue weighted by atomic mass is 10.0. The number of nitrogens with zero attached hydrogens (tertiary/aromatic N) is 1. The molecule has 0 spiro atoms. The van der Waals surface area contributed by atoms with Gasteiger partial charge in [-0.05, 0) is 41.7 Å². The summed E-state index contributed by atoms with van der Waals surface area (Å²) in [5.74, 6) is -0.609. The first kappa shape index (κ1) is 20.3. The normalized spacial score (nSPS) is 17.5. The van der Waals surface area contributed by atoms with E-state index in [1.165, 1.54) is 6.07 Å². The second kappa shape index (κ2) is 8.70. The van der Waals surface area contributed by atoms with Gasteiger partial charge in [-0.1, -0.05) is 37.3 Å². The fourth-order valence-electron chi connectivity index (χ4n) is 3.27. The molecule has 1 amide bonds. The van der Waals surface area contributed by atoms with E-state index in [0.717, 1.165) is 23.6 Å². The molecule has 0 aliphatic carbocycles. The molecular weight excluding hydrogens is 380 g/mol. The molecular formula is C20H24N2O5S. The molecule has 28 heavy (non-hydrogen) atoms. The lowest BCUT2D eigenvalue weighted by Gasteiger charge is -2.30. The van der Waals surface area contributed by atoms with Crippen molar-refractivity contribution in [1.29, 1.82) is 0 Å². The van der Waals surface area contributed by atoms with E-state index in [1.54, 1.807) is 17.0 Å². The zero-order valence-corrected chi connectivity index (χ0v) is 16.6. The van der Waals surface area contributed by atoms with Gasteiger partial charge in [-0.15, -0.1) is 0 Å². The monoisotopic (exact) mass is 404 g/mol. The maximum absolute atomic E-state index is 12.4. The summed E-state index contributed by atoms with van der Waals surface area (Å²) >= 11 is 0. The first-order valence-electron chi connectivity index (χ1n) is 9.27. The average Bonchev–Trinajstić information content (AvgIpc) is 2.70. The van der Waals surface area contributed by atoms with Crippen LogP contribution in [0.1, 0.15) is 19.8 Å². The Hall–Kier alpha value is -2.45. The standard InChI is InChI=1S/C20H24N2O5S/c1-15-5-4-10-22(13-15)19(23)14-27-20(24)12-21-28(25,26)18-9-8-16-6-2-3-7-17(16)11-18/h2-3,6-9,11,15,21H,4-5,10,12-14H2,1H3/t15-/m0/s1. The Balaban J connectivity index is 1.52. The molecule has 2 aromatic carbocycles. The van der Waals surface area contributed by atoms with Gasteiger partial charge in [0.2, 0.25) is 10.0 Å². The van der Waals surface area contributed by atoms with Crippen molar-refractivity contribution in [3.8, 4) is 0 Å². The number of hydrogen-bond donors (Lipinski definition) is 1. The van der Waals surface area contributed by atoms with E-state index in [0.29, 0.717) is 19.0 Å². The highest BCUT2D eigenvalue weighted by Gasteiger charge is 2.22. The number of piperidine rings is 1. The molecule has 2 aromatic rings. The van der Waals surface area contributed by atoms with E-state index < -0.39 is 22.5 Å². The molecule has 1 heterocycles. The molecule has 3 rings (SSSR count). The molecule has 0 radical (unpaired) electrons. The van der Waals surface area contributed by atoms with Crippen LogP contribution < -0.4 is 4.72 Å². The number of sulfonamides is 1. The van der Waals surface area contributed by atoms with Crippen molar-refractivity contribution in [2.45, 2.75) is 24.7 Å². The van der Waals surface area contributed by atoms with Crippen LogP contribution >= 0.6 is 0 Å². The van der Waals surface area contributed by atoms with Crippen molar-refractivity contribution >= 4 is 32.7 Å². The van der Waals surface area contributed by atoms with E-state index in [-0.39, 0.29) is 17.4 Å². The van der Waals surface area contributed by atoms with Crippen LogP contribution in [-0.4, -0.2) is 51.4 Å². The van der Waals surface area contributed by atoms with E-state index in [4.69, 9.17) is 4.74 Å². The lowest BCUT2D eigenvalue weighted by Crippen LogP contribution is -2.42. The van der Waals surface area contributed by atoms with Crippen molar-refractivity contribution in [2.24, 2.45) is 5.92 Å². The number of ether oxygens (including phenoxy) is 1. The van der Waals surface area contributed by atoms with Crippen LogP contribution in [0.3, 0.4) is 0 Å². The van der Waals surface area contributed by atoms with Crippen LogP contribution in [0.2, 0.25) is 0 Å². The molecule has 1 fully saturated rings. The topological polar surface area (TPSA) is 92.8 Å². The van der Waals surface area contributed by atoms with Gasteiger partial charge in [-0.3, -0.25) is 9.59 Å². The number of rotatable bonds is 6. The number of likely N-dealkylation sites (tertiary alicyclic amines) is 1. The molecule has 1 aliphatic rings. The smallest absolute Gasteiger partial charge is 0.321 e. The average molecular weight is 404 g/mol. The van der Waals surface area contributed by atoms with Gasteiger partial charge in [-0.2, -0.15) is 4.72 Å². The highest BCUT2D eigenvalue weighted by molar-refractivity contribution is 7.89. The summed E-state index contributed by atoms with van der Waals surface area (Å²) in [6, 6.07) is 12.1. The third kappa shape index (κ3) is 5.08. The predicted octanol–water partition coefficient (Wildman–Crippen LogP) is 1.92. The van der Waals surface area contributed by atoms with Gasteiger partial charge < -0.3 is 9.64 Å². The van der Waals surface area contributed by atoms with E-state index in [9.17, 15) is 18.0 Å². The number of amides is 1. The predicted molar refractivity (Wildman–Crippen MR) is 105 cm³/mol. The summed E-state index contributed by atoms with van der Waals surface area (Å²) in [4.78, 5) is 25.7.